The lowest BCUT2D eigenvalue weighted by Crippen LogP contribution is -1.98. The quantitative estimate of drug-likeness (QED) is 0.429. The molecule has 0 saturated heterocycles. The van der Waals surface area contributed by atoms with Crippen molar-refractivity contribution in [2.24, 2.45) is 0 Å². The van der Waals surface area contributed by atoms with Crippen LogP contribution in [0.4, 0.5) is 0 Å². The van der Waals surface area contributed by atoms with Gasteiger partial charge in [0.25, 0.3) is 0 Å². The maximum Gasteiger partial charge on any atom is 0.303 e. The van der Waals surface area contributed by atoms with Gasteiger partial charge in [-0.2, -0.15) is 0 Å². The van der Waals surface area contributed by atoms with E-state index in [9.17, 15) is 4.79 Å². The molecule has 0 saturated carbocycles. The SMILES string of the molecule is CC[C@@H](O)C#CC#CC=C=CCCCCC(=O)O. The lowest BCUT2D eigenvalue weighted by molar-refractivity contribution is -0.137. The van der Waals surface area contributed by atoms with Crippen LogP contribution >= 0.6 is 0 Å². The van der Waals surface area contributed by atoms with E-state index in [-0.39, 0.29) is 6.42 Å². The summed E-state index contributed by atoms with van der Waals surface area (Å²) in [5.41, 5.74) is 2.87. The van der Waals surface area contributed by atoms with Crippen LogP contribution in [0.3, 0.4) is 0 Å². The Hall–Kier alpha value is -1.93. The summed E-state index contributed by atoms with van der Waals surface area (Å²) in [7, 11) is 0. The maximum atomic E-state index is 10.2. The van der Waals surface area contributed by atoms with Gasteiger partial charge in [0, 0.05) is 12.5 Å². The Balaban J connectivity index is 3.77. The predicted octanol–water partition coefficient (Wildman–Crippen LogP) is 2.12. The number of aliphatic hydroxyl groups is 1. The lowest BCUT2D eigenvalue weighted by Gasteiger charge is -1.91. The first-order chi connectivity index (χ1) is 8.66. The lowest BCUT2D eigenvalue weighted by atomic mass is 10.2. The number of unbranched alkanes of at least 4 members (excludes halogenated alkanes) is 2. The van der Waals surface area contributed by atoms with Gasteiger partial charge >= 0.3 is 5.97 Å². The van der Waals surface area contributed by atoms with Crippen molar-refractivity contribution in [2.75, 3.05) is 0 Å². The summed E-state index contributed by atoms with van der Waals surface area (Å²) in [6.07, 6.45) is 5.91. The van der Waals surface area contributed by atoms with Crippen molar-refractivity contribution < 1.29 is 15.0 Å². The number of carboxylic acids is 1. The third-order valence-corrected chi connectivity index (χ3v) is 2.02. The zero-order valence-corrected chi connectivity index (χ0v) is 10.6. The Morgan fingerprint density at radius 2 is 2.11 bits per heavy atom. The topological polar surface area (TPSA) is 57.5 Å². The van der Waals surface area contributed by atoms with E-state index in [0.29, 0.717) is 12.8 Å². The van der Waals surface area contributed by atoms with E-state index >= 15 is 0 Å². The van der Waals surface area contributed by atoms with E-state index < -0.39 is 12.1 Å². The molecular formula is C15H18O3. The molecule has 0 bridgehead atoms. The second-order valence-corrected chi connectivity index (χ2v) is 3.62. The molecule has 0 amide bonds. The van der Waals surface area contributed by atoms with Gasteiger partial charge in [0.05, 0.1) is 0 Å². The molecule has 0 aliphatic carbocycles. The number of hydrogen-bond acceptors (Lipinski definition) is 2. The van der Waals surface area contributed by atoms with E-state index in [2.05, 4.69) is 29.4 Å². The molecule has 0 aromatic heterocycles. The van der Waals surface area contributed by atoms with Gasteiger partial charge in [-0.3, -0.25) is 4.79 Å². The molecule has 96 valence electrons. The van der Waals surface area contributed by atoms with E-state index in [1.165, 1.54) is 0 Å². The molecule has 0 rings (SSSR count). The Bertz CT molecular complexity index is 420. The largest absolute Gasteiger partial charge is 0.481 e. The van der Waals surface area contributed by atoms with E-state index in [4.69, 9.17) is 10.2 Å². The molecular weight excluding hydrogens is 228 g/mol. The van der Waals surface area contributed by atoms with Crippen LogP contribution in [0.25, 0.3) is 0 Å². The fourth-order valence-corrected chi connectivity index (χ4v) is 1.00. The Morgan fingerprint density at radius 3 is 2.78 bits per heavy atom. The first kappa shape index (κ1) is 16.1. The summed E-state index contributed by atoms with van der Waals surface area (Å²) in [5.74, 6) is 9.63. The van der Waals surface area contributed by atoms with Crippen molar-refractivity contribution in [3.8, 4) is 23.7 Å². The molecule has 3 nitrogen and oxygen atoms in total. The third kappa shape index (κ3) is 12.1. The fourth-order valence-electron chi connectivity index (χ4n) is 1.00. The summed E-state index contributed by atoms with van der Waals surface area (Å²) >= 11 is 0. The van der Waals surface area contributed by atoms with Crippen LogP contribution in [0.5, 0.6) is 0 Å². The highest BCUT2D eigenvalue weighted by molar-refractivity contribution is 5.66. The molecule has 0 fully saturated rings. The molecule has 2 N–H and O–H groups in total. The van der Waals surface area contributed by atoms with Crippen molar-refractivity contribution in [1.29, 1.82) is 0 Å². The minimum Gasteiger partial charge on any atom is -0.481 e. The zero-order chi connectivity index (χ0) is 13.6. The third-order valence-electron chi connectivity index (χ3n) is 2.02. The summed E-state index contributed by atoms with van der Waals surface area (Å²) in [5, 5.41) is 17.5. The van der Waals surface area contributed by atoms with E-state index in [0.717, 1.165) is 12.8 Å². The molecule has 0 radical (unpaired) electrons. The molecule has 0 spiro atoms. The summed E-state index contributed by atoms with van der Waals surface area (Å²) in [4.78, 5) is 10.2. The Labute approximate surface area is 108 Å². The van der Waals surface area contributed by atoms with Gasteiger partial charge in [0.15, 0.2) is 0 Å². The molecule has 0 aliphatic heterocycles. The van der Waals surface area contributed by atoms with Gasteiger partial charge in [0.2, 0.25) is 0 Å². The number of carboxylic acid groups (broad SMARTS) is 1. The number of allylic oxidation sites excluding steroid dienone is 1. The second-order valence-electron chi connectivity index (χ2n) is 3.62. The maximum absolute atomic E-state index is 10.2. The summed E-state index contributed by atoms with van der Waals surface area (Å²) < 4.78 is 0. The number of hydrogen-bond donors (Lipinski definition) is 2. The van der Waals surface area contributed by atoms with E-state index in [1.54, 1.807) is 6.08 Å². The monoisotopic (exact) mass is 246 g/mol. The normalized spacial score (nSPS) is 9.89. The Morgan fingerprint density at radius 1 is 1.33 bits per heavy atom. The smallest absolute Gasteiger partial charge is 0.303 e. The predicted molar refractivity (Wildman–Crippen MR) is 70.6 cm³/mol. The van der Waals surface area contributed by atoms with Crippen molar-refractivity contribution in [3.05, 3.63) is 17.9 Å². The van der Waals surface area contributed by atoms with Crippen LogP contribution in [0.1, 0.15) is 39.0 Å². The second kappa shape index (κ2) is 11.6. The van der Waals surface area contributed by atoms with Gasteiger partial charge in [-0.25, -0.2) is 0 Å². The fraction of sp³-hybridized carbons (Fsp3) is 0.467. The molecule has 0 heterocycles. The molecule has 3 heteroatoms. The molecule has 0 unspecified atom stereocenters. The number of aliphatic hydroxyl groups excluding tert-OH is 1. The molecule has 1 atom stereocenters. The Kier molecular flexibility index (Phi) is 10.3. The average molecular weight is 246 g/mol. The number of rotatable bonds is 6. The molecule has 18 heavy (non-hydrogen) atoms. The minimum atomic E-state index is -0.756. The average Bonchev–Trinajstić information content (AvgIpc) is 2.35. The summed E-state index contributed by atoms with van der Waals surface area (Å²) in [6.45, 7) is 1.85. The van der Waals surface area contributed by atoms with Crippen LogP contribution in [-0.2, 0) is 4.79 Å². The van der Waals surface area contributed by atoms with Crippen molar-refractivity contribution in [2.45, 2.75) is 45.1 Å². The van der Waals surface area contributed by atoms with Crippen molar-refractivity contribution in [1.82, 2.24) is 0 Å². The number of aliphatic carboxylic acids is 1. The van der Waals surface area contributed by atoms with Gasteiger partial charge in [-0.05, 0) is 43.6 Å². The standard InChI is InChI=1S/C15H18O3/c1-2-14(16)12-10-8-6-4-3-5-7-9-11-13-15(17)18/h4-5,14,16H,2,7,9,11,13H2,1H3,(H,17,18)/t3?,14-/m1/s1. The van der Waals surface area contributed by atoms with Crippen LogP contribution < -0.4 is 0 Å². The van der Waals surface area contributed by atoms with E-state index in [1.807, 2.05) is 13.0 Å². The first-order valence-corrected chi connectivity index (χ1v) is 5.97. The van der Waals surface area contributed by atoms with Gasteiger partial charge in [0.1, 0.15) is 6.10 Å². The highest BCUT2D eigenvalue weighted by Crippen LogP contribution is 1.99. The molecule has 0 aromatic carbocycles. The minimum absolute atomic E-state index is 0.215. The zero-order valence-electron chi connectivity index (χ0n) is 10.6. The van der Waals surface area contributed by atoms with Crippen molar-refractivity contribution >= 4 is 5.97 Å². The van der Waals surface area contributed by atoms with Crippen LogP contribution in [-0.4, -0.2) is 22.3 Å². The molecule has 0 aromatic rings. The van der Waals surface area contributed by atoms with Crippen molar-refractivity contribution in [3.63, 3.8) is 0 Å². The van der Waals surface area contributed by atoms with Gasteiger partial charge in [-0.15, -0.1) is 5.73 Å². The molecule has 0 aliphatic rings. The highest BCUT2D eigenvalue weighted by Gasteiger charge is 1.93. The van der Waals surface area contributed by atoms with Crippen LogP contribution in [0, 0.1) is 23.7 Å². The van der Waals surface area contributed by atoms with Crippen LogP contribution in [0.15, 0.2) is 17.9 Å². The number of carbonyl (C=O) groups is 1. The van der Waals surface area contributed by atoms with Gasteiger partial charge in [-0.1, -0.05) is 18.8 Å². The first-order valence-electron chi connectivity index (χ1n) is 5.97. The van der Waals surface area contributed by atoms with Crippen LogP contribution in [0.2, 0.25) is 0 Å². The summed E-state index contributed by atoms with van der Waals surface area (Å²) in [6, 6.07) is 0. The highest BCUT2D eigenvalue weighted by atomic mass is 16.4. The van der Waals surface area contributed by atoms with Gasteiger partial charge < -0.3 is 10.2 Å².